The number of aliphatic hydroxyl groups excluding tert-OH is 1. The summed E-state index contributed by atoms with van der Waals surface area (Å²) in [6.07, 6.45) is -0.135. The number of nitrogens with one attached hydrogen (secondary N) is 1. The van der Waals surface area contributed by atoms with Gasteiger partial charge in [-0.3, -0.25) is 0 Å². The van der Waals surface area contributed by atoms with Crippen LogP contribution in [0.3, 0.4) is 0 Å². The minimum absolute atomic E-state index is 0.176. The number of fused-ring (bicyclic) bond motifs is 1. The molecule has 0 heterocycles. The Morgan fingerprint density at radius 1 is 0.897 bits per heavy atom. The predicted octanol–water partition coefficient (Wildman–Crippen LogP) is 6.17. The average Bonchev–Trinajstić information content (AvgIpc) is 2.93. The van der Waals surface area contributed by atoms with E-state index in [1.54, 1.807) is 18.2 Å². The van der Waals surface area contributed by atoms with Crippen LogP contribution in [0.5, 0.6) is 5.75 Å². The fourth-order valence-electron chi connectivity index (χ4n) is 4.62. The van der Waals surface area contributed by atoms with E-state index in [0.717, 1.165) is 17.5 Å². The summed E-state index contributed by atoms with van der Waals surface area (Å²) in [5.41, 5.74) is 2.91. The number of carboxylic acids is 1. The summed E-state index contributed by atoms with van der Waals surface area (Å²) in [6, 6.07) is 29.2. The summed E-state index contributed by atoms with van der Waals surface area (Å²) in [6.45, 7) is 7.03. The summed E-state index contributed by atoms with van der Waals surface area (Å²) < 4.78 is 12.0. The van der Waals surface area contributed by atoms with Crippen molar-refractivity contribution in [3.05, 3.63) is 113 Å². The van der Waals surface area contributed by atoms with Crippen molar-refractivity contribution < 1.29 is 24.5 Å². The number of hydrogen-bond donors (Lipinski definition) is 3. The fraction of sp³-hybridized carbons (Fsp3) is 0.303. The summed E-state index contributed by atoms with van der Waals surface area (Å²) in [4.78, 5) is 11.2. The van der Waals surface area contributed by atoms with E-state index in [2.05, 4.69) is 55.6 Å². The average molecular weight is 528 g/mol. The largest absolute Gasteiger partial charge is 0.489 e. The predicted molar refractivity (Wildman–Crippen MR) is 154 cm³/mol. The van der Waals surface area contributed by atoms with Gasteiger partial charge in [-0.2, -0.15) is 0 Å². The van der Waals surface area contributed by atoms with Crippen LogP contribution in [0.4, 0.5) is 0 Å². The van der Waals surface area contributed by atoms with Crippen molar-refractivity contribution >= 4 is 16.7 Å². The Kier molecular flexibility index (Phi) is 9.36. The molecule has 0 aliphatic carbocycles. The van der Waals surface area contributed by atoms with Crippen molar-refractivity contribution in [2.24, 2.45) is 0 Å². The molecule has 0 saturated carbocycles. The van der Waals surface area contributed by atoms with Crippen LogP contribution in [0.25, 0.3) is 10.8 Å². The van der Waals surface area contributed by atoms with Crippen molar-refractivity contribution in [3.8, 4) is 5.75 Å². The van der Waals surface area contributed by atoms with Crippen LogP contribution in [0.1, 0.15) is 53.9 Å². The first-order valence-corrected chi connectivity index (χ1v) is 13.3. The van der Waals surface area contributed by atoms with Gasteiger partial charge in [0.05, 0.1) is 24.4 Å². The second kappa shape index (κ2) is 12.9. The number of para-hydroxylation sites is 1. The van der Waals surface area contributed by atoms with Crippen LogP contribution in [0, 0.1) is 0 Å². The molecule has 0 fully saturated rings. The minimum Gasteiger partial charge on any atom is -0.489 e. The lowest BCUT2D eigenvalue weighted by atomic mass is 9.93. The van der Waals surface area contributed by atoms with Crippen LogP contribution in [-0.4, -0.2) is 41.0 Å². The van der Waals surface area contributed by atoms with Gasteiger partial charge in [0, 0.05) is 17.6 Å². The molecule has 0 bridgehead atoms. The fourth-order valence-corrected chi connectivity index (χ4v) is 4.62. The van der Waals surface area contributed by atoms with Gasteiger partial charge in [-0.05, 0) is 67.3 Å². The minimum atomic E-state index is -0.968. The second-order valence-electron chi connectivity index (χ2n) is 10.6. The first-order chi connectivity index (χ1) is 18.7. The molecular formula is C33H37NO5. The number of ether oxygens (including phenoxy) is 2. The zero-order valence-corrected chi connectivity index (χ0v) is 22.8. The molecule has 1 unspecified atom stereocenters. The molecule has 0 spiro atoms. The molecule has 39 heavy (non-hydrogen) atoms. The van der Waals surface area contributed by atoms with Crippen LogP contribution < -0.4 is 10.1 Å². The molecule has 0 amide bonds. The number of carbonyl (C=O) groups is 1. The molecule has 204 valence electrons. The maximum atomic E-state index is 11.2. The highest BCUT2D eigenvalue weighted by molar-refractivity contribution is 5.87. The lowest BCUT2D eigenvalue weighted by Crippen LogP contribution is -2.46. The van der Waals surface area contributed by atoms with E-state index in [1.165, 1.54) is 16.3 Å². The number of carboxylic acid groups (broad SMARTS) is 1. The quantitative estimate of drug-likeness (QED) is 0.193. The third-order valence-corrected chi connectivity index (χ3v) is 6.74. The van der Waals surface area contributed by atoms with Crippen molar-refractivity contribution in [3.63, 3.8) is 0 Å². The van der Waals surface area contributed by atoms with Gasteiger partial charge in [-0.25, -0.2) is 4.79 Å². The standard InChI is InChI=1S/C33H37NO5/c1-23(30-13-6-7-14-31(30)39-21-25-9-8-12-28(18-25)32(36)37)38-22-29(35)20-34-33(2,3)19-24-15-16-26-10-4-5-11-27(26)17-24/h4-18,23,29,34-35H,19-22H2,1-3H3,(H,36,37)/t23?,29-/m1/s1. The molecule has 0 saturated heterocycles. The van der Waals surface area contributed by atoms with Gasteiger partial charge in [-0.15, -0.1) is 0 Å². The van der Waals surface area contributed by atoms with Crippen LogP contribution in [-0.2, 0) is 17.8 Å². The highest BCUT2D eigenvalue weighted by Gasteiger charge is 2.21. The van der Waals surface area contributed by atoms with Crippen molar-refractivity contribution in [2.45, 2.75) is 51.5 Å². The van der Waals surface area contributed by atoms with Crippen molar-refractivity contribution in [1.29, 1.82) is 0 Å². The molecule has 0 aromatic heterocycles. The first-order valence-electron chi connectivity index (χ1n) is 13.3. The molecule has 3 N–H and O–H groups in total. The normalized spacial score (nSPS) is 13.2. The monoisotopic (exact) mass is 527 g/mol. The molecule has 0 aliphatic rings. The Hall–Kier alpha value is -3.71. The van der Waals surface area contributed by atoms with E-state index >= 15 is 0 Å². The number of aromatic carboxylic acids is 1. The lowest BCUT2D eigenvalue weighted by molar-refractivity contribution is -0.00520. The van der Waals surface area contributed by atoms with E-state index in [4.69, 9.17) is 9.47 Å². The Morgan fingerprint density at radius 2 is 1.64 bits per heavy atom. The van der Waals surface area contributed by atoms with Gasteiger partial charge in [0.15, 0.2) is 0 Å². The summed E-state index contributed by atoms with van der Waals surface area (Å²) in [5.74, 6) is -0.306. The van der Waals surface area contributed by atoms with Gasteiger partial charge in [0.1, 0.15) is 12.4 Å². The van der Waals surface area contributed by atoms with E-state index in [1.807, 2.05) is 43.3 Å². The number of hydrogen-bond acceptors (Lipinski definition) is 5. The molecule has 4 aromatic carbocycles. The van der Waals surface area contributed by atoms with Gasteiger partial charge in [0.2, 0.25) is 0 Å². The second-order valence-corrected chi connectivity index (χ2v) is 10.6. The van der Waals surface area contributed by atoms with Crippen LogP contribution in [0.2, 0.25) is 0 Å². The zero-order valence-electron chi connectivity index (χ0n) is 22.8. The number of β-amino-alcohol motifs (C(OH)–C–C–N with tert-alkyl or cyclic N) is 1. The lowest BCUT2D eigenvalue weighted by Gasteiger charge is -2.28. The van der Waals surface area contributed by atoms with Gasteiger partial charge < -0.3 is 25.0 Å². The topological polar surface area (TPSA) is 88.0 Å². The maximum Gasteiger partial charge on any atom is 0.335 e. The van der Waals surface area contributed by atoms with Crippen molar-refractivity contribution in [2.75, 3.05) is 13.2 Å². The smallest absolute Gasteiger partial charge is 0.335 e. The van der Waals surface area contributed by atoms with Gasteiger partial charge in [0.25, 0.3) is 0 Å². The highest BCUT2D eigenvalue weighted by atomic mass is 16.5. The Balaban J connectivity index is 1.27. The third kappa shape index (κ3) is 8.14. The molecule has 6 nitrogen and oxygen atoms in total. The molecule has 6 heteroatoms. The first kappa shape index (κ1) is 28.3. The van der Waals surface area contributed by atoms with E-state index in [9.17, 15) is 15.0 Å². The van der Waals surface area contributed by atoms with E-state index < -0.39 is 12.1 Å². The molecule has 4 rings (SSSR count). The SMILES string of the molecule is CC(OC[C@H](O)CNC(C)(C)Cc1ccc2ccccc2c1)c1ccccc1OCc1cccc(C(=O)O)c1. The summed E-state index contributed by atoms with van der Waals surface area (Å²) >= 11 is 0. The molecule has 4 aromatic rings. The molecule has 2 atom stereocenters. The summed E-state index contributed by atoms with van der Waals surface area (Å²) in [7, 11) is 0. The number of rotatable bonds is 13. The van der Waals surface area contributed by atoms with E-state index in [0.29, 0.717) is 12.3 Å². The Bertz CT molecular complexity index is 1400. The Morgan fingerprint density at radius 3 is 2.44 bits per heavy atom. The van der Waals surface area contributed by atoms with E-state index in [-0.39, 0.29) is 30.4 Å². The summed E-state index contributed by atoms with van der Waals surface area (Å²) in [5, 5.41) is 25.8. The van der Waals surface area contributed by atoms with Crippen LogP contribution >= 0.6 is 0 Å². The van der Waals surface area contributed by atoms with Crippen LogP contribution in [0.15, 0.2) is 91.0 Å². The molecular weight excluding hydrogens is 490 g/mol. The van der Waals surface area contributed by atoms with Gasteiger partial charge in [-0.1, -0.05) is 72.8 Å². The number of benzene rings is 4. The zero-order chi connectivity index (χ0) is 27.8. The number of aliphatic hydroxyl groups is 1. The molecule has 0 radical (unpaired) electrons. The highest BCUT2D eigenvalue weighted by Crippen LogP contribution is 2.28. The third-order valence-electron chi connectivity index (χ3n) is 6.74. The maximum absolute atomic E-state index is 11.2. The van der Waals surface area contributed by atoms with Gasteiger partial charge >= 0.3 is 5.97 Å². The Labute approximate surface area is 230 Å². The molecule has 0 aliphatic heterocycles. The van der Waals surface area contributed by atoms with Crippen molar-refractivity contribution in [1.82, 2.24) is 5.32 Å².